The molecule has 0 atom stereocenters. The molecule has 0 aromatic heterocycles. The van der Waals surface area contributed by atoms with Crippen LogP contribution in [0.1, 0.15) is 6.42 Å². The molecule has 5 heteroatoms. The van der Waals surface area contributed by atoms with Gasteiger partial charge < -0.3 is 20.3 Å². The van der Waals surface area contributed by atoms with Crippen molar-refractivity contribution in [3.63, 3.8) is 0 Å². The highest BCUT2D eigenvalue weighted by molar-refractivity contribution is 5.89. The van der Waals surface area contributed by atoms with Gasteiger partial charge >= 0.3 is 6.03 Å². The first kappa shape index (κ1) is 18.4. The third-order valence-corrected chi connectivity index (χ3v) is 3.61. The van der Waals surface area contributed by atoms with Crippen LogP contribution in [-0.4, -0.2) is 32.8 Å². The maximum absolute atomic E-state index is 12.0. The Balaban J connectivity index is 1.69. The van der Waals surface area contributed by atoms with Crippen LogP contribution in [-0.2, 0) is 0 Å². The molecule has 0 spiro atoms. The van der Waals surface area contributed by atoms with E-state index in [9.17, 15) is 4.79 Å². The van der Waals surface area contributed by atoms with E-state index in [1.54, 1.807) is 12.1 Å². The van der Waals surface area contributed by atoms with Gasteiger partial charge in [0.05, 0.1) is 0 Å². The summed E-state index contributed by atoms with van der Waals surface area (Å²) in [7, 11) is 2.05. The first-order chi connectivity index (χ1) is 12.2. The standard InChI is InChI=1S/C20H25N3O2/c1-3-15-25-19-12-7-9-17(16-19)22-20(24)21-13-8-14-23(2)18-10-5-4-6-11-18/h3-7,9-12,16H,1,8,13-15H2,2H3,(H2,21,22,24). The van der Waals surface area contributed by atoms with E-state index >= 15 is 0 Å². The van der Waals surface area contributed by atoms with Crippen LogP contribution in [0, 0.1) is 0 Å². The molecule has 0 unspecified atom stereocenters. The molecule has 0 aliphatic carbocycles. The van der Waals surface area contributed by atoms with Crippen molar-refractivity contribution in [3.05, 3.63) is 67.3 Å². The first-order valence-corrected chi connectivity index (χ1v) is 8.34. The summed E-state index contributed by atoms with van der Waals surface area (Å²) in [5.74, 6) is 0.696. The normalized spacial score (nSPS) is 9.96. The monoisotopic (exact) mass is 339 g/mol. The van der Waals surface area contributed by atoms with E-state index in [1.165, 1.54) is 5.69 Å². The number of carbonyl (C=O) groups excluding carboxylic acids is 1. The Morgan fingerprint density at radius 2 is 2.00 bits per heavy atom. The summed E-state index contributed by atoms with van der Waals surface area (Å²) in [4.78, 5) is 14.1. The van der Waals surface area contributed by atoms with E-state index in [4.69, 9.17) is 4.74 Å². The molecule has 2 aromatic rings. The Hall–Kier alpha value is -2.95. The van der Waals surface area contributed by atoms with Gasteiger partial charge in [-0.05, 0) is 30.7 Å². The van der Waals surface area contributed by atoms with Crippen molar-refractivity contribution in [3.8, 4) is 5.75 Å². The number of anilines is 2. The average molecular weight is 339 g/mol. The van der Waals surface area contributed by atoms with Crippen LogP contribution in [0.15, 0.2) is 67.3 Å². The number of hydrogen-bond donors (Lipinski definition) is 2. The van der Waals surface area contributed by atoms with Crippen LogP contribution in [0.5, 0.6) is 5.75 Å². The third kappa shape index (κ3) is 6.59. The molecule has 25 heavy (non-hydrogen) atoms. The van der Waals surface area contributed by atoms with Gasteiger partial charge in [-0.25, -0.2) is 4.79 Å². The fraction of sp³-hybridized carbons (Fsp3) is 0.250. The Kier molecular flexibility index (Phi) is 7.38. The minimum atomic E-state index is -0.219. The summed E-state index contributed by atoms with van der Waals surface area (Å²) in [5, 5.41) is 5.68. The van der Waals surface area contributed by atoms with E-state index in [2.05, 4.69) is 34.2 Å². The fourth-order valence-electron chi connectivity index (χ4n) is 2.32. The zero-order valence-corrected chi connectivity index (χ0v) is 14.6. The van der Waals surface area contributed by atoms with Crippen LogP contribution < -0.4 is 20.3 Å². The topological polar surface area (TPSA) is 53.6 Å². The average Bonchev–Trinajstić information content (AvgIpc) is 2.64. The lowest BCUT2D eigenvalue weighted by Crippen LogP contribution is -2.31. The summed E-state index contributed by atoms with van der Waals surface area (Å²) in [6.07, 6.45) is 2.54. The highest BCUT2D eigenvalue weighted by Gasteiger charge is 2.03. The number of hydrogen-bond acceptors (Lipinski definition) is 3. The summed E-state index contributed by atoms with van der Waals surface area (Å²) in [6.45, 7) is 5.52. The number of nitrogens with zero attached hydrogens (tertiary/aromatic N) is 1. The lowest BCUT2D eigenvalue weighted by atomic mass is 10.3. The number of ether oxygens (including phenoxy) is 1. The second kappa shape index (κ2) is 10.0. The predicted octanol–water partition coefficient (Wildman–Crippen LogP) is 3.90. The van der Waals surface area contributed by atoms with Gasteiger partial charge in [-0.2, -0.15) is 0 Å². The minimum Gasteiger partial charge on any atom is -0.489 e. The summed E-state index contributed by atoms with van der Waals surface area (Å²) >= 11 is 0. The molecule has 2 aromatic carbocycles. The minimum absolute atomic E-state index is 0.219. The number of urea groups is 1. The van der Waals surface area contributed by atoms with E-state index < -0.39 is 0 Å². The van der Waals surface area contributed by atoms with Crippen molar-refractivity contribution in [2.75, 3.05) is 37.0 Å². The molecule has 0 aliphatic rings. The van der Waals surface area contributed by atoms with Crippen LogP contribution in [0.3, 0.4) is 0 Å². The molecule has 0 saturated carbocycles. The highest BCUT2D eigenvalue weighted by Crippen LogP contribution is 2.17. The zero-order chi connectivity index (χ0) is 17.9. The molecule has 5 nitrogen and oxygen atoms in total. The highest BCUT2D eigenvalue weighted by atomic mass is 16.5. The molecule has 0 fully saturated rings. The van der Waals surface area contributed by atoms with Crippen LogP contribution in [0.4, 0.5) is 16.2 Å². The number of para-hydroxylation sites is 1. The molecule has 0 saturated heterocycles. The van der Waals surface area contributed by atoms with Gasteiger partial charge in [0.1, 0.15) is 12.4 Å². The van der Waals surface area contributed by atoms with Gasteiger partial charge in [0.15, 0.2) is 0 Å². The molecule has 2 N–H and O–H groups in total. The van der Waals surface area contributed by atoms with Crippen LogP contribution >= 0.6 is 0 Å². The molecule has 132 valence electrons. The van der Waals surface area contributed by atoms with Crippen molar-refractivity contribution in [2.45, 2.75) is 6.42 Å². The number of nitrogens with one attached hydrogen (secondary N) is 2. The quantitative estimate of drug-likeness (QED) is 0.538. The van der Waals surface area contributed by atoms with Gasteiger partial charge in [0, 0.05) is 37.6 Å². The Morgan fingerprint density at radius 1 is 1.20 bits per heavy atom. The maximum Gasteiger partial charge on any atom is 0.319 e. The molecule has 0 aliphatic heterocycles. The SMILES string of the molecule is C=CCOc1cccc(NC(=O)NCCCN(C)c2ccccc2)c1. The molecule has 0 radical (unpaired) electrons. The molecular formula is C20H25N3O2. The lowest BCUT2D eigenvalue weighted by molar-refractivity contribution is 0.252. The third-order valence-electron chi connectivity index (χ3n) is 3.61. The molecule has 2 amide bonds. The molecule has 0 heterocycles. The second-order valence-corrected chi connectivity index (χ2v) is 5.62. The maximum atomic E-state index is 12.0. The Labute approximate surface area is 149 Å². The second-order valence-electron chi connectivity index (χ2n) is 5.62. The van der Waals surface area contributed by atoms with Crippen molar-refractivity contribution in [1.82, 2.24) is 5.32 Å². The largest absolute Gasteiger partial charge is 0.489 e. The molecule has 2 rings (SSSR count). The summed E-state index contributed by atoms with van der Waals surface area (Å²) in [6, 6.07) is 17.2. The van der Waals surface area contributed by atoms with Gasteiger partial charge in [0.2, 0.25) is 0 Å². The Bertz CT molecular complexity index is 674. The number of benzene rings is 2. The fourth-order valence-corrected chi connectivity index (χ4v) is 2.32. The Morgan fingerprint density at radius 3 is 2.76 bits per heavy atom. The molecule has 0 bridgehead atoms. The van der Waals surface area contributed by atoms with Gasteiger partial charge in [-0.1, -0.05) is 36.9 Å². The lowest BCUT2D eigenvalue weighted by Gasteiger charge is -2.19. The van der Waals surface area contributed by atoms with Crippen molar-refractivity contribution in [1.29, 1.82) is 0 Å². The van der Waals surface area contributed by atoms with E-state index in [0.717, 1.165) is 13.0 Å². The van der Waals surface area contributed by atoms with E-state index in [0.29, 0.717) is 24.6 Å². The zero-order valence-electron chi connectivity index (χ0n) is 14.6. The van der Waals surface area contributed by atoms with Gasteiger partial charge in [0.25, 0.3) is 0 Å². The smallest absolute Gasteiger partial charge is 0.319 e. The molecular weight excluding hydrogens is 314 g/mol. The van der Waals surface area contributed by atoms with Crippen molar-refractivity contribution < 1.29 is 9.53 Å². The van der Waals surface area contributed by atoms with Gasteiger partial charge in [-0.15, -0.1) is 0 Å². The van der Waals surface area contributed by atoms with Crippen molar-refractivity contribution in [2.24, 2.45) is 0 Å². The predicted molar refractivity (Wildman–Crippen MR) is 103 cm³/mol. The number of rotatable bonds is 9. The summed E-state index contributed by atoms with van der Waals surface area (Å²) in [5.41, 5.74) is 1.86. The van der Waals surface area contributed by atoms with E-state index in [1.807, 2.05) is 43.4 Å². The number of carbonyl (C=O) groups is 1. The summed E-state index contributed by atoms with van der Waals surface area (Å²) < 4.78 is 5.45. The first-order valence-electron chi connectivity index (χ1n) is 8.34. The van der Waals surface area contributed by atoms with Gasteiger partial charge in [-0.3, -0.25) is 0 Å². The van der Waals surface area contributed by atoms with Crippen LogP contribution in [0.2, 0.25) is 0 Å². The van der Waals surface area contributed by atoms with E-state index in [-0.39, 0.29) is 6.03 Å². The van der Waals surface area contributed by atoms with Crippen molar-refractivity contribution >= 4 is 17.4 Å². The van der Waals surface area contributed by atoms with Crippen LogP contribution in [0.25, 0.3) is 0 Å². The number of amides is 2.